The summed E-state index contributed by atoms with van der Waals surface area (Å²) in [6, 6.07) is 0. The highest BCUT2D eigenvalue weighted by atomic mass is 31.0. The van der Waals surface area contributed by atoms with Gasteiger partial charge in [0.2, 0.25) is 6.41 Å². The van der Waals surface area contributed by atoms with Gasteiger partial charge in [-0.25, -0.2) is 5.20 Å². The molecule has 0 saturated heterocycles. The Labute approximate surface area is 32.4 Å². The normalized spacial score (nSPS) is 6.60. The largest absolute Gasteiger partial charge is 0.291 e. The lowest BCUT2D eigenvalue weighted by Crippen LogP contribution is -2.18. The summed E-state index contributed by atoms with van der Waals surface area (Å²) in [6.45, 7) is 0. The van der Waals surface area contributed by atoms with Crippen LogP contribution >= 0.6 is 9.39 Å². The van der Waals surface area contributed by atoms with E-state index in [9.17, 15) is 4.79 Å². The van der Waals surface area contributed by atoms with Crippen molar-refractivity contribution in [3.8, 4) is 0 Å². The fraction of sp³-hybridized carbons (Fsp3) is 0. The monoisotopic (exact) mass is 92.0 g/mol. The SMILES string of the molecule is O=CNNP. The van der Waals surface area contributed by atoms with Crippen molar-refractivity contribution >= 4 is 15.8 Å². The molecule has 0 saturated carbocycles. The standard InChI is InChI=1S/CH5N2OP/c4-1-2-3-5/h1,3H,5H2,(H,2,4). The molecule has 0 rings (SSSR count). The van der Waals surface area contributed by atoms with Crippen LogP contribution in [-0.4, -0.2) is 6.41 Å². The van der Waals surface area contributed by atoms with Crippen LogP contribution in [0.5, 0.6) is 0 Å². The number of nitrogens with one attached hydrogen (secondary N) is 2. The Morgan fingerprint density at radius 2 is 2.40 bits per heavy atom. The second-order valence-corrected chi connectivity index (χ2v) is 0.695. The van der Waals surface area contributed by atoms with Crippen molar-refractivity contribution < 1.29 is 4.79 Å². The molecule has 1 unspecified atom stereocenters. The Balaban J connectivity index is 2.40. The molecule has 0 heterocycles. The predicted molar refractivity (Wildman–Crippen MR) is 22.0 cm³/mol. The molecule has 2 N–H and O–H groups in total. The molecule has 0 aliphatic heterocycles. The van der Waals surface area contributed by atoms with Crippen molar-refractivity contribution in [1.29, 1.82) is 0 Å². The van der Waals surface area contributed by atoms with Gasteiger partial charge in [-0.05, 0) is 9.39 Å². The van der Waals surface area contributed by atoms with Gasteiger partial charge in [-0.1, -0.05) is 0 Å². The predicted octanol–water partition coefficient (Wildman–Crippen LogP) is -0.973. The van der Waals surface area contributed by atoms with E-state index in [2.05, 4.69) is 20.0 Å². The summed E-state index contributed by atoms with van der Waals surface area (Å²) in [7, 11) is 2.11. The molecule has 0 bridgehead atoms. The van der Waals surface area contributed by atoms with E-state index in [0.29, 0.717) is 6.41 Å². The number of hydrogen-bond acceptors (Lipinski definition) is 2. The first-order chi connectivity index (χ1) is 2.41. The third-order valence-corrected chi connectivity index (χ3v) is 0.309. The van der Waals surface area contributed by atoms with Crippen LogP contribution in [0.3, 0.4) is 0 Å². The van der Waals surface area contributed by atoms with E-state index >= 15 is 0 Å². The van der Waals surface area contributed by atoms with E-state index < -0.39 is 0 Å². The lowest BCUT2D eigenvalue weighted by Gasteiger charge is -1.83. The van der Waals surface area contributed by atoms with E-state index in [1.54, 1.807) is 0 Å². The zero-order valence-electron chi connectivity index (χ0n) is 2.56. The summed E-state index contributed by atoms with van der Waals surface area (Å²) in [4.78, 5) is 9.22. The second-order valence-electron chi connectivity index (χ2n) is 0.407. The van der Waals surface area contributed by atoms with Crippen LogP contribution in [0.15, 0.2) is 0 Å². The van der Waals surface area contributed by atoms with Gasteiger partial charge in [0.05, 0.1) is 0 Å². The third kappa shape index (κ3) is 3.86. The highest BCUT2D eigenvalue weighted by molar-refractivity contribution is 7.13. The second kappa shape index (κ2) is 3.86. The Kier molecular flexibility index (Phi) is 3.75. The van der Waals surface area contributed by atoms with Gasteiger partial charge in [-0.2, -0.15) is 0 Å². The number of carbonyl (C=O) groups excluding carboxylic acids is 1. The number of hydrazine groups is 1. The number of hydrogen-bond donors (Lipinski definition) is 2. The smallest absolute Gasteiger partial charge is 0.221 e. The van der Waals surface area contributed by atoms with Crippen LogP contribution in [0.2, 0.25) is 0 Å². The third-order valence-electron chi connectivity index (χ3n) is 0.142. The molecule has 0 spiro atoms. The maximum Gasteiger partial charge on any atom is 0.221 e. The highest BCUT2D eigenvalue weighted by Crippen LogP contribution is 1.50. The Morgan fingerprint density at radius 1 is 1.80 bits per heavy atom. The molecule has 5 heavy (non-hydrogen) atoms. The molecule has 0 aliphatic rings. The van der Waals surface area contributed by atoms with Crippen LogP contribution in [0.1, 0.15) is 0 Å². The minimum absolute atomic E-state index is 0.549. The van der Waals surface area contributed by atoms with Crippen molar-refractivity contribution in [1.82, 2.24) is 10.6 Å². The molecule has 0 aromatic carbocycles. The van der Waals surface area contributed by atoms with Crippen molar-refractivity contribution in [3.05, 3.63) is 0 Å². The van der Waals surface area contributed by atoms with Crippen LogP contribution in [0.4, 0.5) is 0 Å². The molecule has 0 aromatic heterocycles. The molecule has 3 nitrogen and oxygen atoms in total. The average Bonchev–Trinajstić information content (AvgIpc) is 1.41. The molecular formula is CH5N2OP. The first kappa shape index (κ1) is 4.86. The fourth-order valence-corrected chi connectivity index (χ4v) is 0.102. The zero-order chi connectivity index (χ0) is 4.12. The lowest BCUT2D eigenvalue weighted by molar-refractivity contribution is -0.109. The summed E-state index contributed by atoms with van der Waals surface area (Å²) in [5.41, 5.74) is 2.14. The molecule has 0 aliphatic carbocycles. The molecule has 30 valence electrons. The van der Waals surface area contributed by atoms with Gasteiger partial charge in [0.25, 0.3) is 0 Å². The van der Waals surface area contributed by atoms with Gasteiger partial charge in [0.15, 0.2) is 0 Å². The summed E-state index contributed by atoms with van der Waals surface area (Å²) in [5, 5.41) is 2.32. The number of amides is 1. The van der Waals surface area contributed by atoms with Gasteiger partial charge >= 0.3 is 0 Å². The summed E-state index contributed by atoms with van der Waals surface area (Å²) in [5.74, 6) is 0. The quantitative estimate of drug-likeness (QED) is 0.261. The van der Waals surface area contributed by atoms with Crippen LogP contribution < -0.4 is 10.6 Å². The van der Waals surface area contributed by atoms with Crippen molar-refractivity contribution in [2.75, 3.05) is 0 Å². The molecular weight excluding hydrogens is 87.0 g/mol. The van der Waals surface area contributed by atoms with Crippen LogP contribution in [0, 0.1) is 0 Å². The Morgan fingerprint density at radius 3 is 2.40 bits per heavy atom. The summed E-state index contributed by atoms with van der Waals surface area (Å²) >= 11 is 0. The lowest BCUT2D eigenvalue weighted by atomic mass is 11.4. The number of rotatable bonds is 2. The van der Waals surface area contributed by atoms with Gasteiger partial charge in [-0.15, -0.1) is 0 Å². The summed E-state index contributed by atoms with van der Waals surface area (Å²) in [6.07, 6.45) is 0.549. The van der Waals surface area contributed by atoms with Gasteiger partial charge in [-0.3, -0.25) is 10.2 Å². The van der Waals surface area contributed by atoms with Crippen molar-refractivity contribution in [2.24, 2.45) is 0 Å². The molecule has 1 atom stereocenters. The molecule has 0 radical (unpaired) electrons. The van der Waals surface area contributed by atoms with E-state index in [1.807, 2.05) is 0 Å². The van der Waals surface area contributed by atoms with Gasteiger partial charge in [0.1, 0.15) is 0 Å². The highest BCUT2D eigenvalue weighted by Gasteiger charge is 1.55. The van der Waals surface area contributed by atoms with Crippen LogP contribution in [0.25, 0.3) is 0 Å². The van der Waals surface area contributed by atoms with E-state index in [-0.39, 0.29) is 0 Å². The molecule has 0 aromatic rings. The Bertz CT molecular complexity index is 30.8. The zero-order valence-corrected chi connectivity index (χ0v) is 3.72. The number of carbonyl (C=O) groups is 1. The van der Waals surface area contributed by atoms with E-state index in [4.69, 9.17) is 0 Å². The maximum atomic E-state index is 9.22. The average molecular weight is 92.0 g/mol. The maximum absolute atomic E-state index is 9.22. The molecule has 0 fully saturated rings. The fourth-order valence-electron chi connectivity index (χ4n) is 0.0340. The van der Waals surface area contributed by atoms with Gasteiger partial charge in [0, 0.05) is 0 Å². The van der Waals surface area contributed by atoms with E-state index in [1.165, 1.54) is 0 Å². The minimum Gasteiger partial charge on any atom is -0.291 e. The summed E-state index contributed by atoms with van der Waals surface area (Å²) < 4.78 is 0. The minimum atomic E-state index is 0.549. The molecule has 1 amide bonds. The van der Waals surface area contributed by atoms with Gasteiger partial charge < -0.3 is 0 Å². The van der Waals surface area contributed by atoms with E-state index in [0.717, 1.165) is 0 Å². The molecule has 4 heteroatoms. The topological polar surface area (TPSA) is 41.1 Å². The van der Waals surface area contributed by atoms with Crippen LogP contribution in [-0.2, 0) is 4.79 Å². The van der Waals surface area contributed by atoms with Crippen molar-refractivity contribution in [2.45, 2.75) is 0 Å². The Hall–Kier alpha value is -0.140. The van der Waals surface area contributed by atoms with Crippen molar-refractivity contribution in [3.63, 3.8) is 0 Å². The first-order valence-electron chi connectivity index (χ1n) is 1.06. The first-order valence-corrected chi connectivity index (χ1v) is 1.64.